The molecule has 1 rings (SSSR count). The van der Waals surface area contributed by atoms with E-state index in [9.17, 15) is 0 Å². The lowest BCUT2D eigenvalue weighted by molar-refractivity contribution is 0.581. The predicted octanol–water partition coefficient (Wildman–Crippen LogP) is 2.43. The zero-order valence-corrected chi connectivity index (χ0v) is 11.6. The fraction of sp³-hybridized carbons (Fsp3) is 0.533. The van der Waals surface area contributed by atoms with Crippen LogP contribution in [0, 0.1) is 12.3 Å². The van der Waals surface area contributed by atoms with E-state index in [2.05, 4.69) is 41.9 Å². The molecule has 0 radical (unpaired) electrons. The van der Waals surface area contributed by atoms with E-state index in [1.807, 2.05) is 18.2 Å². The first-order valence-electron chi connectivity index (χ1n) is 6.55. The van der Waals surface area contributed by atoms with Gasteiger partial charge >= 0.3 is 0 Å². The quantitative estimate of drug-likeness (QED) is 0.748. The standard InChI is InChI=1S/C15H23N3/c1-5-10-18(11-6-2)15-9-7-8-14(17-15)12-16-13(3)4/h1,7-9,13,16H,6,10-12H2,2-4H3. The van der Waals surface area contributed by atoms with E-state index in [4.69, 9.17) is 6.42 Å². The van der Waals surface area contributed by atoms with Gasteiger partial charge in [0.2, 0.25) is 0 Å². The number of nitrogens with zero attached hydrogens (tertiary/aromatic N) is 2. The molecule has 0 amide bonds. The molecular formula is C15H23N3. The highest BCUT2D eigenvalue weighted by Crippen LogP contribution is 2.11. The van der Waals surface area contributed by atoms with Gasteiger partial charge < -0.3 is 10.2 Å². The second-order valence-electron chi connectivity index (χ2n) is 4.65. The highest BCUT2D eigenvalue weighted by atomic mass is 15.2. The molecule has 0 aromatic carbocycles. The Morgan fingerprint density at radius 1 is 1.44 bits per heavy atom. The normalized spacial score (nSPS) is 10.4. The molecule has 1 aromatic rings. The minimum Gasteiger partial charge on any atom is -0.345 e. The van der Waals surface area contributed by atoms with E-state index in [-0.39, 0.29) is 0 Å². The molecule has 0 fully saturated rings. The number of aromatic nitrogens is 1. The number of pyridine rings is 1. The molecule has 0 unspecified atom stereocenters. The lowest BCUT2D eigenvalue weighted by atomic mass is 10.3. The average Bonchev–Trinajstić information content (AvgIpc) is 2.36. The van der Waals surface area contributed by atoms with Crippen molar-refractivity contribution in [2.24, 2.45) is 0 Å². The Bertz CT molecular complexity index is 393. The van der Waals surface area contributed by atoms with Gasteiger partial charge in [-0.3, -0.25) is 0 Å². The first-order chi connectivity index (χ1) is 8.67. The van der Waals surface area contributed by atoms with Crippen LogP contribution in [-0.2, 0) is 6.54 Å². The summed E-state index contributed by atoms with van der Waals surface area (Å²) in [7, 11) is 0. The van der Waals surface area contributed by atoms with E-state index in [1.165, 1.54) is 0 Å². The van der Waals surface area contributed by atoms with E-state index in [0.717, 1.165) is 31.0 Å². The zero-order valence-electron chi connectivity index (χ0n) is 11.6. The molecule has 0 atom stereocenters. The van der Waals surface area contributed by atoms with Crippen LogP contribution in [0.25, 0.3) is 0 Å². The molecule has 18 heavy (non-hydrogen) atoms. The molecule has 0 saturated carbocycles. The predicted molar refractivity (Wildman–Crippen MR) is 77.5 cm³/mol. The summed E-state index contributed by atoms with van der Waals surface area (Å²) < 4.78 is 0. The summed E-state index contributed by atoms with van der Waals surface area (Å²) in [5, 5.41) is 3.37. The first-order valence-corrected chi connectivity index (χ1v) is 6.55. The summed E-state index contributed by atoms with van der Waals surface area (Å²) in [5.74, 6) is 3.66. The van der Waals surface area contributed by atoms with Crippen molar-refractivity contribution in [3.8, 4) is 12.3 Å². The van der Waals surface area contributed by atoms with Gasteiger partial charge in [0.05, 0.1) is 12.2 Å². The van der Waals surface area contributed by atoms with Crippen LogP contribution in [0.15, 0.2) is 18.2 Å². The Balaban J connectivity index is 2.75. The fourth-order valence-electron chi connectivity index (χ4n) is 1.70. The minimum absolute atomic E-state index is 0.466. The molecule has 1 aromatic heterocycles. The lowest BCUT2D eigenvalue weighted by Gasteiger charge is -2.21. The van der Waals surface area contributed by atoms with Crippen molar-refractivity contribution < 1.29 is 0 Å². The van der Waals surface area contributed by atoms with Crippen molar-refractivity contribution in [3.05, 3.63) is 23.9 Å². The fourth-order valence-corrected chi connectivity index (χ4v) is 1.70. The van der Waals surface area contributed by atoms with Crippen LogP contribution in [0.4, 0.5) is 5.82 Å². The van der Waals surface area contributed by atoms with Gasteiger partial charge in [-0.25, -0.2) is 4.98 Å². The van der Waals surface area contributed by atoms with Crippen molar-refractivity contribution >= 4 is 5.82 Å². The molecule has 0 aliphatic carbocycles. The number of nitrogens with one attached hydrogen (secondary N) is 1. The third-order valence-corrected chi connectivity index (χ3v) is 2.58. The Morgan fingerprint density at radius 3 is 2.83 bits per heavy atom. The lowest BCUT2D eigenvalue weighted by Crippen LogP contribution is -2.26. The highest BCUT2D eigenvalue weighted by Gasteiger charge is 2.06. The van der Waals surface area contributed by atoms with Crippen LogP contribution < -0.4 is 10.2 Å². The Kier molecular flexibility index (Phi) is 6.24. The van der Waals surface area contributed by atoms with Gasteiger partial charge in [-0.2, -0.15) is 0 Å². The molecule has 3 nitrogen and oxygen atoms in total. The molecule has 0 bridgehead atoms. The van der Waals surface area contributed by atoms with Gasteiger partial charge in [0.15, 0.2) is 0 Å². The molecule has 1 N–H and O–H groups in total. The average molecular weight is 245 g/mol. The van der Waals surface area contributed by atoms with Gasteiger partial charge in [-0.05, 0) is 18.6 Å². The van der Waals surface area contributed by atoms with E-state index >= 15 is 0 Å². The largest absolute Gasteiger partial charge is 0.345 e. The maximum absolute atomic E-state index is 5.40. The third kappa shape index (κ3) is 4.77. The van der Waals surface area contributed by atoms with Gasteiger partial charge in [-0.1, -0.05) is 32.8 Å². The van der Waals surface area contributed by atoms with Crippen molar-refractivity contribution in [3.63, 3.8) is 0 Å². The maximum atomic E-state index is 5.40. The summed E-state index contributed by atoms with van der Waals surface area (Å²) >= 11 is 0. The Hall–Kier alpha value is -1.53. The smallest absolute Gasteiger partial charge is 0.129 e. The van der Waals surface area contributed by atoms with Gasteiger partial charge in [-0.15, -0.1) is 6.42 Å². The van der Waals surface area contributed by atoms with Gasteiger partial charge in [0, 0.05) is 19.1 Å². The summed E-state index contributed by atoms with van der Waals surface area (Å²) in [6.07, 6.45) is 6.47. The molecular weight excluding hydrogens is 222 g/mol. The number of hydrogen-bond donors (Lipinski definition) is 1. The van der Waals surface area contributed by atoms with Crippen LogP contribution in [0.3, 0.4) is 0 Å². The van der Waals surface area contributed by atoms with Crippen LogP contribution in [0.1, 0.15) is 32.9 Å². The molecule has 98 valence electrons. The zero-order chi connectivity index (χ0) is 13.4. The SMILES string of the molecule is C#CCN(CCC)c1cccc(CNC(C)C)n1. The van der Waals surface area contributed by atoms with E-state index in [1.54, 1.807) is 0 Å². The number of terminal acetylenes is 1. The maximum Gasteiger partial charge on any atom is 0.129 e. The summed E-state index contributed by atoms with van der Waals surface area (Å²) in [6.45, 7) is 8.76. The van der Waals surface area contributed by atoms with E-state index < -0.39 is 0 Å². The van der Waals surface area contributed by atoms with Crippen LogP contribution in [0.2, 0.25) is 0 Å². The van der Waals surface area contributed by atoms with Crippen LogP contribution in [0.5, 0.6) is 0 Å². The van der Waals surface area contributed by atoms with Crippen LogP contribution in [-0.4, -0.2) is 24.1 Å². The van der Waals surface area contributed by atoms with Crippen molar-refractivity contribution in [2.75, 3.05) is 18.0 Å². The van der Waals surface area contributed by atoms with Crippen LogP contribution >= 0.6 is 0 Å². The van der Waals surface area contributed by atoms with E-state index in [0.29, 0.717) is 12.6 Å². The highest BCUT2D eigenvalue weighted by molar-refractivity contribution is 5.40. The Morgan fingerprint density at radius 2 is 2.22 bits per heavy atom. The van der Waals surface area contributed by atoms with Gasteiger partial charge in [0.1, 0.15) is 5.82 Å². The first kappa shape index (κ1) is 14.5. The third-order valence-electron chi connectivity index (χ3n) is 2.58. The summed E-state index contributed by atoms with van der Waals surface area (Å²) in [5.41, 5.74) is 1.05. The van der Waals surface area contributed by atoms with Crippen molar-refractivity contribution in [1.29, 1.82) is 0 Å². The number of anilines is 1. The molecule has 0 saturated heterocycles. The molecule has 3 heteroatoms. The van der Waals surface area contributed by atoms with Gasteiger partial charge in [0.25, 0.3) is 0 Å². The molecule has 1 heterocycles. The number of hydrogen-bond acceptors (Lipinski definition) is 3. The second-order valence-corrected chi connectivity index (χ2v) is 4.65. The number of rotatable bonds is 7. The Labute approximate surface area is 111 Å². The summed E-state index contributed by atoms with van der Waals surface area (Å²) in [4.78, 5) is 6.79. The summed E-state index contributed by atoms with van der Waals surface area (Å²) in [6, 6.07) is 6.57. The second kappa shape index (κ2) is 7.73. The monoisotopic (exact) mass is 245 g/mol. The minimum atomic E-state index is 0.466. The topological polar surface area (TPSA) is 28.2 Å². The van der Waals surface area contributed by atoms with Crippen molar-refractivity contribution in [2.45, 2.75) is 39.8 Å². The molecule has 0 spiro atoms. The molecule has 0 aliphatic heterocycles. The molecule has 0 aliphatic rings. The van der Waals surface area contributed by atoms with Crippen molar-refractivity contribution in [1.82, 2.24) is 10.3 Å².